The van der Waals surface area contributed by atoms with Crippen LogP contribution in [0.15, 0.2) is 15.9 Å². The second-order valence-corrected chi connectivity index (χ2v) is 2.94. The molecular formula is C7H7N5O3. The summed E-state index contributed by atoms with van der Waals surface area (Å²) in [6.45, 7) is -0.143. The van der Waals surface area contributed by atoms with E-state index in [1.807, 2.05) is 4.98 Å². The highest BCUT2D eigenvalue weighted by atomic mass is 16.2. The number of hydrogen-bond acceptors (Lipinski definition) is 4. The van der Waals surface area contributed by atoms with E-state index in [1.165, 1.54) is 10.9 Å². The van der Waals surface area contributed by atoms with E-state index in [9.17, 15) is 14.4 Å². The first kappa shape index (κ1) is 9.19. The van der Waals surface area contributed by atoms with Crippen molar-refractivity contribution < 1.29 is 4.79 Å². The molecule has 0 saturated carbocycles. The number of imidazole rings is 1. The number of rotatable bonds is 2. The van der Waals surface area contributed by atoms with E-state index >= 15 is 0 Å². The Labute approximate surface area is 81.7 Å². The molecule has 0 saturated heterocycles. The Morgan fingerprint density at radius 2 is 2.20 bits per heavy atom. The van der Waals surface area contributed by atoms with Gasteiger partial charge in [0.2, 0.25) is 5.91 Å². The highest BCUT2D eigenvalue weighted by Gasteiger charge is 2.08. The molecule has 2 heterocycles. The summed E-state index contributed by atoms with van der Waals surface area (Å²) in [5.41, 5.74) is 3.98. The van der Waals surface area contributed by atoms with Crippen molar-refractivity contribution in [3.63, 3.8) is 0 Å². The molecule has 0 bridgehead atoms. The number of carbonyl (C=O) groups excluding carboxylic acids is 1. The fourth-order valence-corrected chi connectivity index (χ4v) is 1.27. The molecule has 0 aliphatic carbocycles. The lowest BCUT2D eigenvalue weighted by Gasteiger charge is -1.98. The zero-order valence-corrected chi connectivity index (χ0v) is 7.48. The molecule has 2 aromatic heterocycles. The van der Waals surface area contributed by atoms with Gasteiger partial charge < -0.3 is 10.3 Å². The molecule has 0 atom stereocenters. The predicted molar refractivity (Wildman–Crippen MR) is 50.2 cm³/mol. The first-order valence-electron chi connectivity index (χ1n) is 4.03. The van der Waals surface area contributed by atoms with Crippen LogP contribution in [0.5, 0.6) is 0 Å². The molecular weight excluding hydrogens is 202 g/mol. The van der Waals surface area contributed by atoms with Crippen LogP contribution < -0.4 is 17.0 Å². The summed E-state index contributed by atoms with van der Waals surface area (Å²) in [5.74, 6) is -0.588. The molecule has 1 amide bonds. The number of nitrogens with two attached hydrogens (primary N) is 1. The number of carbonyl (C=O) groups is 1. The Balaban J connectivity index is 2.74. The lowest BCUT2D eigenvalue weighted by Crippen LogP contribution is -2.24. The predicted octanol–water partition coefficient (Wildman–Crippen LogP) is -2.10. The summed E-state index contributed by atoms with van der Waals surface area (Å²) in [7, 11) is 0. The first-order valence-corrected chi connectivity index (χ1v) is 4.03. The molecule has 0 spiro atoms. The number of hydrogen-bond donors (Lipinski definition) is 3. The first-order chi connectivity index (χ1) is 7.08. The number of nitrogens with zero attached hydrogens (tertiary/aromatic N) is 2. The van der Waals surface area contributed by atoms with E-state index in [2.05, 4.69) is 9.97 Å². The fourth-order valence-electron chi connectivity index (χ4n) is 1.27. The summed E-state index contributed by atoms with van der Waals surface area (Å²) in [6, 6.07) is 0. The van der Waals surface area contributed by atoms with Crippen molar-refractivity contribution in [2.24, 2.45) is 5.73 Å². The molecule has 0 radical (unpaired) electrons. The van der Waals surface area contributed by atoms with Crippen LogP contribution in [0.1, 0.15) is 0 Å². The standard InChI is InChI=1S/C7H7N5O3/c8-3(13)1-12-2-9-4-5(12)10-7(15)11-6(4)14/h2H,1H2,(H2,8,13)(H2,10,11,14,15). The monoisotopic (exact) mass is 209 g/mol. The topological polar surface area (TPSA) is 127 Å². The molecule has 8 heteroatoms. The van der Waals surface area contributed by atoms with Gasteiger partial charge in [0, 0.05) is 0 Å². The average Bonchev–Trinajstić information content (AvgIpc) is 2.48. The van der Waals surface area contributed by atoms with Gasteiger partial charge in [-0.05, 0) is 0 Å². The van der Waals surface area contributed by atoms with E-state index in [1.54, 1.807) is 0 Å². The number of aromatic nitrogens is 4. The van der Waals surface area contributed by atoms with Gasteiger partial charge in [-0.25, -0.2) is 9.78 Å². The second kappa shape index (κ2) is 3.08. The molecule has 8 nitrogen and oxygen atoms in total. The van der Waals surface area contributed by atoms with Gasteiger partial charge in [0.05, 0.1) is 6.33 Å². The van der Waals surface area contributed by atoms with E-state index < -0.39 is 17.2 Å². The zero-order valence-electron chi connectivity index (χ0n) is 7.48. The van der Waals surface area contributed by atoms with Gasteiger partial charge in [-0.15, -0.1) is 0 Å². The van der Waals surface area contributed by atoms with Crippen molar-refractivity contribution >= 4 is 17.1 Å². The molecule has 0 fully saturated rings. The van der Waals surface area contributed by atoms with Gasteiger partial charge in [0.15, 0.2) is 5.52 Å². The normalized spacial score (nSPS) is 10.7. The smallest absolute Gasteiger partial charge is 0.327 e. The Morgan fingerprint density at radius 1 is 1.47 bits per heavy atom. The van der Waals surface area contributed by atoms with Crippen molar-refractivity contribution in [3.05, 3.63) is 27.2 Å². The molecule has 2 rings (SSSR count). The molecule has 15 heavy (non-hydrogen) atoms. The number of nitrogens with one attached hydrogen (secondary N) is 2. The summed E-state index contributed by atoms with van der Waals surface area (Å²) in [4.78, 5) is 41.0. The third-order valence-electron chi connectivity index (χ3n) is 1.84. The van der Waals surface area contributed by atoms with Gasteiger partial charge >= 0.3 is 5.69 Å². The highest BCUT2D eigenvalue weighted by molar-refractivity contribution is 5.76. The largest absolute Gasteiger partial charge is 0.368 e. The minimum absolute atomic E-state index is 0.0656. The van der Waals surface area contributed by atoms with Gasteiger partial charge in [0.1, 0.15) is 12.2 Å². The highest BCUT2D eigenvalue weighted by Crippen LogP contribution is 2.01. The minimum Gasteiger partial charge on any atom is -0.368 e. The number of H-pyrrole nitrogens is 2. The molecule has 2 aromatic rings. The number of fused-ring (bicyclic) bond motifs is 1. The number of primary amides is 1. The Kier molecular flexibility index (Phi) is 1.89. The van der Waals surface area contributed by atoms with Crippen LogP contribution in [-0.2, 0) is 11.3 Å². The minimum atomic E-state index is -0.654. The lowest BCUT2D eigenvalue weighted by atomic mass is 10.5. The van der Waals surface area contributed by atoms with Crippen LogP contribution in [-0.4, -0.2) is 25.4 Å². The van der Waals surface area contributed by atoms with Crippen molar-refractivity contribution in [1.82, 2.24) is 19.5 Å². The molecule has 0 aromatic carbocycles. The van der Waals surface area contributed by atoms with Gasteiger partial charge in [0.25, 0.3) is 5.56 Å². The van der Waals surface area contributed by atoms with Crippen molar-refractivity contribution in [1.29, 1.82) is 0 Å². The molecule has 0 aliphatic rings. The summed E-state index contributed by atoms with van der Waals surface area (Å²) < 4.78 is 1.30. The van der Waals surface area contributed by atoms with E-state index in [0.29, 0.717) is 0 Å². The van der Waals surface area contributed by atoms with Crippen molar-refractivity contribution in [3.8, 4) is 0 Å². The van der Waals surface area contributed by atoms with Gasteiger partial charge in [-0.3, -0.25) is 19.6 Å². The van der Waals surface area contributed by atoms with E-state index in [0.717, 1.165) is 0 Å². The third-order valence-corrected chi connectivity index (χ3v) is 1.84. The van der Waals surface area contributed by atoms with Gasteiger partial charge in [-0.1, -0.05) is 0 Å². The van der Waals surface area contributed by atoms with Crippen LogP contribution in [0.25, 0.3) is 11.2 Å². The zero-order chi connectivity index (χ0) is 11.0. The Hall–Kier alpha value is -2.38. The van der Waals surface area contributed by atoms with Crippen LogP contribution >= 0.6 is 0 Å². The van der Waals surface area contributed by atoms with Crippen LogP contribution in [0.2, 0.25) is 0 Å². The quantitative estimate of drug-likeness (QED) is 0.523. The molecule has 0 unspecified atom stereocenters. The average molecular weight is 209 g/mol. The second-order valence-electron chi connectivity index (χ2n) is 2.94. The Morgan fingerprint density at radius 3 is 2.87 bits per heavy atom. The lowest BCUT2D eigenvalue weighted by molar-refractivity contribution is -0.118. The fraction of sp³-hybridized carbons (Fsp3) is 0.143. The van der Waals surface area contributed by atoms with Crippen LogP contribution in [0.4, 0.5) is 0 Å². The van der Waals surface area contributed by atoms with Crippen LogP contribution in [0.3, 0.4) is 0 Å². The van der Waals surface area contributed by atoms with Crippen molar-refractivity contribution in [2.45, 2.75) is 6.54 Å². The van der Waals surface area contributed by atoms with Crippen molar-refractivity contribution in [2.75, 3.05) is 0 Å². The maximum Gasteiger partial charge on any atom is 0.327 e. The van der Waals surface area contributed by atoms with E-state index in [4.69, 9.17) is 5.73 Å². The Bertz CT molecular complexity index is 634. The van der Waals surface area contributed by atoms with Crippen LogP contribution in [0, 0.1) is 0 Å². The van der Waals surface area contributed by atoms with E-state index in [-0.39, 0.29) is 17.7 Å². The molecule has 0 aliphatic heterocycles. The number of aromatic amines is 2. The summed E-state index contributed by atoms with van der Waals surface area (Å²) >= 11 is 0. The third kappa shape index (κ3) is 1.52. The molecule has 78 valence electrons. The SMILES string of the molecule is NC(=O)Cn1cnc2c(=O)[nH]c(=O)[nH]c21. The maximum absolute atomic E-state index is 11.2. The molecule has 4 N–H and O–H groups in total. The summed E-state index contributed by atoms with van der Waals surface area (Å²) in [6.07, 6.45) is 1.26. The maximum atomic E-state index is 11.2. The summed E-state index contributed by atoms with van der Waals surface area (Å²) in [5, 5.41) is 0. The number of amides is 1. The van der Waals surface area contributed by atoms with Gasteiger partial charge in [-0.2, -0.15) is 0 Å².